The van der Waals surface area contributed by atoms with Crippen LogP contribution in [0.15, 0.2) is 23.7 Å². The standard InChI is InChI=1S/C10H13NO3/c1-12-8-4-7(6-11)5-9(13-2)10(8)14-3/h4-5,7,10H,1-3H3. The number of methoxy groups -OCH3 is 3. The van der Waals surface area contributed by atoms with Gasteiger partial charge in [0.15, 0.2) is 6.10 Å². The fraction of sp³-hybridized carbons (Fsp3) is 0.500. The minimum Gasteiger partial charge on any atom is -0.498 e. The van der Waals surface area contributed by atoms with Crippen molar-refractivity contribution in [2.45, 2.75) is 6.10 Å². The number of hydrogen-bond donors (Lipinski definition) is 0. The Balaban J connectivity index is 2.96. The van der Waals surface area contributed by atoms with Crippen molar-refractivity contribution in [2.75, 3.05) is 21.3 Å². The summed E-state index contributed by atoms with van der Waals surface area (Å²) in [5.41, 5.74) is 0. The molecule has 0 aromatic carbocycles. The Morgan fingerprint density at radius 3 is 1.93 bits per heavy atom. The lowest BCUT2D eigenvalue weighted by Crippen LogP contribution is -2.23. The van der Waals surface area contributed by atoms with E-state index in [2.05, 4.69) is 6.07 Å². The molecule has 0 unspecified atom stereocenters. The fourth-order valence-electron chi connectivity index (χ4n) is 1.37. The number of hydrogen-bond acceptors (Lipinski definition) is 4. The van der Waals surface area contributed by atoms with Gasteiger partial charge < -0.3 is 14.2 Å². The van der Waals surface area contributed by atoms with E-state index in [1.807, 2.05) is 0 Å². The van der Waals surface area contributed by atoms with E-state index in [-0.39, 0.29) is 12.0 Å². The maximum Gasteiger partial charge on any atom is 0.170 e. The van der Waals surface area contributed by atoms with E-state index in [1.165, 1.54) is 0 Å². The SMILES string of the molecule is COC1=CC(C#N)C=C(OC)C1OC. The Bertz CT molecular complexity index is 279. The zero-order valence-corrected chi connectivity index (χ0v) is 8.48. The second-order valence-electron chi connectivity index (χ2n) is 2.82. The van der Waals surface area contributed by atoms with E-state index >= 15 is 0 Å². The molecule has 0 heterocycles. The van der Waals surface area contributed by atoms with Gasteiger partial charge in [-0.1, -0.05) is 0 Å². The second-order valence-corrected chi connectivity index (χ2v) is 2.82. The first-order valence-corrected chi connectivity index (χ1v) is 4.20. The van der Waals surface area contributed by atoms with Crippen LogP contribution in [0.25, 0.3) is 0 Å². The highest BCUT2D eigenvalue weighted by atomic mass is 16.6. The zero-order chi connectivity index (χ0) is 10.6. The average Bonchev–Trinajstić information content (AvgIpc) is 2.26. The number of rotatable bonds is 3. The highest BCUT2D eigenvalue weighted by molar-refractivity contribution is 5.28. The molecule has 0 aromatic rings. The second kappa shape index (κ2) is 4.68. The molecule has 0 atom stereocenters. The molecule has 0 aromatic heterocycles. The predicted molar refractivity (Wildman–Crippen MR) is 50.1 cm³/mol. The molecule has 1 aliphatic rings. The normalized spacial score (nSPS) is 25.9. The fourth-order valence-corrected chi connectivity index (χ4v) is 1.37. The highest BCUT2D eigenvalue weighted by Crippen LogP contribution is 2.25. The van der Waals surface area contributed by atoms with Crippen molar-refractivity contribution in [1.29, 1.82) is 5.26 Å². The molecule has 0 N–H and O–H groups in total. The van der Waals surface area contributed by atoms with Crippen LogP contribution >= 0.6 is 0 Å². The van der Waals surface area contributed by atoms with Gasteiger partial charge in [0.05, 0.1) is 26.2 Å². The molecule has 0 spiro atoms. The maximum absolute atomic E-state index is 8.79. The first-order chi connectivity index (χ1) is 6.76. The van der Waals surface area contributed by atoms with Gasteiger partial charge in [0, 0.05) is 7.11 Å². The third-order valence-electron chi connectivity index (χ3n) is 2.06. The number of nitriles is 1. The maximum atomic E-state index is 8.79. The van der Waals surface area contributed by atoms with E-state index in [0.717, 1.165) is 0 Å². The lowest BCUT2D eigenvalue weighted by molar-refractivity contribution is 0.0576. The van der Waals surface area contributed by atoms with Crippen molar-refractivity contribution in [2.24, 2.45) is 5.92 Å². The van der Waals surface area contributed by atoms with Crippen LogP contribution in [-0.2, 0) is 14.2 Å². The third kappa shape index (κ3) is 1.88. The van der Waals surface area contributed by atoms with Gasteiger partial charge in [0.1, 0.15) is 11.5 Å². The van der Waals surface area contributed by atoms with E-state index in [4.69, 9.17) is 19.5 Å². The van der Waals surface area contributed by atoms with Gasteiger partial charge in [-0.05, 0) is 12.2 Å². The van der Waals surface area contributed by atoms with Crippen molar-refractivity contribution in [3.63, 3.8) is 0 Å². The largest absolute Gasteiger partial charge is 0.498 e. The van der Waals surface area contributed by atoms with E-state index in [1.54, 1.807) is 33.5 Å². The van der Waals surface area contributed by atoms with Gasteiger partial charge in [-0.25, -0.2) is 0 Å². The minimum absolute atomic E-state index is 0.314. The molecule has 0 bridgehead atoms. The third-order valence-corrected chi connectivity index (χ3v) is 2.06. The Kier molecular flexibility index (Phi) is 3.55. The summed E-state index contributed by atoms with van der Waals surface area (Å²) in [4.78, 5) is 0. The predicted octanol–water partition coefficient (Wildman–Crippen LogP) is 1.22. The van der Waals surface area contributed by atoms with Gasteiger partial charge in [0.2, 0.25) is 0 Å². The molecule has 0 saturated carbocycles. The van der Waals surface area contributed by atoms with Crippen LogP contribution in [0.1, 0.15) is 0 Å². The lowest BCUT2D eigenvalue weighted by Gasteiger charge is -2.24. The Hall–Kier alpha value is -1.47. The molecular weight excluding hydrogens is 182 g/mol. The Morgan fingerprint density at radius 2 is 1.64 bits per heavy atom. The molecule has 1 rings (SSSR count). The smallest absolute Gasteiger partial charge is 0.170 e. The van der Waals surface area contributed by atoms with Gasteiger partial charge in [0.25, 0.3) is 0 Å². The summed E-state index contributed by atoms with van der Waals surface area (Å²) in [6, 6.07) is 2.11. The Labute approximate surface area is 83.4 Å². The molecule has 1 aliphatic carbocycles. The molecular formula is C10H13NO3. The number of nitrogens with zero attached hydrogens (tertiary/aromatic N) is 1. The lowest BCUT2D eigenvalue weighted by atomic mass is 10.00. The first kappa shape index (κ1) is 10.6. The summed E-state index contributed by atoms with van der Waals surface area (Å²) in [6.07, 6.45) is 3.10. The van der Waals surface area contributed by atoms with Crippen molar-refractivity contribution >= 4 is 0 Å². The van der Waals surface area contributed by atoms with Gasteiger partial charge >= 0.3 is 0 Å². The molecule has 4 heteroatoms. The van der Waals surface area contributed by atoms with Gasteiger partial charge in [-0.15, -0.1) is 0 Å². The summed E-state index contributed by atoms with van der Waals surface area (Å²) < 4.78 is 15.4. The van der Waals surface area contributed by atoms with E-state index < -0.39 is 0 Å². The molecule has 0 radical (unpaired) electrons. The highest BCUT2D eigenvalue weighted by Gasteiger charge is 2.26. The van der Waals surface area contributed by atoms with Gasteiger partial charge in [-0.2, -0.15) is 5.26 Å². The molecule has 0 fully saturated rings. The number of allylic oxidation sites excluding steroid dienone is 2. The summed E-state index contributed by atoms with van der Waals surface area (Å²) in [7, 11) is 4.66. The molecule has 76 valence electrons. The van der Waals surface area contributed by atoms with Crippen LogP contribution in [0, 0.1) is 17.2 Å². The summed E-state index contributed by atoms with van der Waals surface area (Å²) in [6.45, 7) is 0. The van der Waals surface area contributed by atoms with Crippen molar-refractivity contribution in [3.8, 4) is 6.07 Å². The van der Waals surface area contributed by atoms with E-state index in [9.17, 15) is 0 Å². The topological polar surface area (TPSA) is 51.5 Å². The van der Waals surface area contributed by atoms with Crippen LogP contribution in [0.4, 0.5) is 0 Å². The molecule has 14 heavy (non-hydrogen) atoms. The monoisotopic (exact) mass is 195 g/mol. The minimum atomic E-state index is -0.338. The van der Waals surface area contributed by atoms with Crippen LogP contribution < -0.4 is 0 Å². The summed E-state index contributed by atoms with van der Waals surface area (Å²) >= 11 is 0. The zero-order valence-electron chi connectivity index (χ0n) is 8.48. The quantitative estimate of drug-likeness (QED) is 0.679. The van der Waals surface area contributed by atoms with Gasteiger partial charge in [-0.3, -0.25) is 0 Å². The van der Waals surface area contributed by atoms with Crippen LogP contribution in [0.3, 0.4) is 0 Å². The summed E-state index contributed by atoms with van der Waals surface area (Å²) in [5, 5.41) is 8.79. The average molecular weight is 195 g/mol. The van der Waals surface area contributed by atoms with Crippen molar-refractivity contribution < 1.29 is 14.2 Å². The van der Waals surface area contributed by atoms with Crippen LogP contribution in [-0.4, -0.2) is 27.4 Å². The Morgan fingerprint density at radius 1 is 1.14 bits per heavy atom. The van der Waals surface area contributed by atoms with E-state index in [0.29, 0.717) is 11.5 Å². The summed E-state index contributed by atoms with van der Waals surface area (Å²) in [5.74, 6) is 0.906. The number of ether oxygens (including phenoxy) is 3. The van der Waals surface area contributed by atoms with Crippen molar-refractivity contribution in [1.82, 2.24) is 0 Å². The molecule has 0 amide bonds. The van der Waals surface area contributed by atoms with Crippen LogP contribution in [0.5, 0.6) is 0 Å². The molecule has 0 saturated heterocycles. The van der Waals surface area contributed by atoms with Crippen molar-refractivity contribution in [3.05, 3.63) is 23.7 Å². The molecule has 4 nitrogen and oxygen atoms in total. The molecule has 0 aliphatic heterocycles. The van der Waals surface area contributed by atoms with Crippen LogP contribution in [0.2, 0.25) is 0 Å². The first-order valence-electron chi connectivity index (χ1n) is 4.20.